The van der Waals surface area contributed by atoms with Gasteiger partial charge in [0.1, 0.15) is 10.8 Å². The molecule has 140 valence electrons. The number of carbonyl (C=O) groups is 2. The molecule has 0 aliphatic heterocycles. The summed E-state index contributed by atoms with van der Waals surface area (Å²) in [6.45, 7) is 3.72. The van der Waals surface area contributed by atoms with Crippen LogP contribution in [0.1, 0.15) is 41.7 Å². The van der Waals surface area contributed by atoms with Gasteiger partial charge in [-0.15, -0.1) is 11.3 Å². The molecule has 5 nitrogen and oxygen atoms in total. The summed E-state index contributed by atoms with van der Waals surface area (Å²) >= 11 is 1.59. The lowest BCUT2D eigenvalue weighted by Gasteiger charge is -2.23. The van der Waals surface area contributed by atoms with E-state index < -0.39 is 0 Å². The van der Waals surface area contributed by atoms with Crippen LogP contribution in [0.25, 0.3) is 10.2 Å². The first-order valence-corrected chi connectivity index (χ1v) is 9.68. The molecule has 27 heavy (non-hydrogen) atoms. The number of para-hydroxylation sites is 1. The average molecular weight is 382 g/mol. The molecule has 0 unspecified atom stereocenters. The number of ether oxygens (including phenoxy) is 1. The molecule has 1 heterocycles. The monoisotopic (exact) mass is 382 g/mol. The number of likely N-dealkylation sites (N-methyl/N-ethyl adjacent to an activating group) is 1. The van der Waals surface area contributed by atoms with Gasteiger partial charge in [-0.2, -0.15) is 0 Å². The predicted octanol–water partition coefficient (Wildman–Crippen LogP) is 4.49. The number of ketones is 1. The Morgan fingerprint density at radius 3 is 2.52 bits per heavy atom. The fourth-order valence-corrected chi connectivity index (χ4v) is 3.70. The molecule has 0 saturated heterocycles. The van der Waals surface area contributed by atoms with E-state index in [1.165, 1.54) is 0 Å². The lowest BCUT2D eigenvalue weighted by atomic mass is 10.1. The molecular formula is C21H22N2O3S. The number of nitrogens with zero attached hydrogens (tertiary/aromatic N) is 2. The number of rotatable bonds is 7. The summed E-state index contributed by atoms with van der Waals surface area (Å²) in [6.07, 6.45) is 0.465. The molecule has 0 bridgehead atoms. The first-order chi connectivity index (χ1) is 13.0. The Morgan fingerprint density at radius 1 is 1.15 bits per heavy atom. The van der Waals surface area contributed by atoms with Gasteiger partial charge in [-0.1, -0.05) is 19.1 Å². The minimum atomic E-state index is -0.136. The van der Waals surface area contributed by atoms with Crippen LogP contribution in [0.15, 0.2) is 48.5 Å². The van der Waals surface area contributed by atoms with E-state index in [1.807, 2.05) is 38.1 Å². The Kier molecular flexibility index (Phi) is 5.86. The van der Waals surface area contributed by atoms with Crippen molar-refractivity contribution in [3.8, 4) is 5.75 Å². The fourth-order valence-electron chi connectivity index (χ4n) is 2.64. The van der Waals surface area contributed by atoms with E-state index in [1.54, 1.807) is 47.5 Å². The fraction of sp³-hybridized carbons (Fsp3) is 0.286. The zero-order chi connectivity index (χ0) is 19.4. The van der Waals surface area contributed by atoms with E-state index >= 15 is 0 Å². The Morgan fingerprint density at radius 2 is 1.85 bits per heavy atom. The molecule has 3 aromatic rings. The molecule has 1 amide bonds. The van der Waals surface area contributed by atoms with Crippen molar-refractivity contribution in [2.45, 2.75) is 26.3 Å². The van der Waals surface area contributed by atoms with E-state index in [-0.39, 0.29) is 24.3 Å². The highest BCUT2D eigenvalue weighted by Gasteiger charge is 2.21. The second-order valence-corrected chi connectivity index (χ2v) is 7.35. The number of amides is 1. The minimum absolute atomic E-state index is 0.0627. The summed E-state index contributed by atoms with van der Waals surface area (Å²) < 4.78 is 6.69. The molecule has 0 aliphatic carbocycles. The Bertz CT molecular complexity index is 916. The van der Waals surface area contributed by atoms with Gasteiger partial charge >= 0.3 is 0 Å². The van der Waals surface area contributed by atoms with Gasteiger partial charge in [0.25, 0.3) is 5.91 Å². The van der Waals surface area contributed by atoms with Crippen LogP contribution in [-0.4, -0.2) is 35.2 Å². The third kappa shape index (κ3) is 4.34. The number of benzene rings is 2. The molecule has 1 atom stereocenters. The number of Topliss-reactive ketones (excluding diaryl/α,β-unsaturated/α-hetero) is 1. The highest BCUT2D eigenvalue weighted by atomic mass is 32.1. The van der Waals surface area contributed by atoms with Gasteiger partial charge < -0.3 is 9.64 Å². The Labute approximate surface area is 162 Å². The standard InChI is InChI=1S/C21H22N2O3S/c1-4-18(24)15-9-11-16(12-10-15)26-13-20(25)23(3)14(2)21-22-17-7-5-6-8-19(17)27-21/h5-12,14H,4,13H2,1-3H3/t14-/m1/s1. The van der Waals surface area contributed by atoms with Crippen molar-refractivity contribution in [2.24, 2.45) is 0 Å². The Balaban J connectivity index is 1.60. The molecule has 1 aromatic heterocycles. The number of carbonyl (C=O) groups excluding carboxylic acids is 2. The van der Waals surface area contributed by atoms with Crippen molar-refractivity contribution in [1.82, 2.24) is 9.88 Å². The number of hydrogen-bond acceptors (Lipinski definition) is 5. The highest BCUT2D eigenvalue weighted by Crippen LogP contribution is 2.28. The van der Waals surface area contributed by atoms with Crippen LogP contribution in [0.5, 0.6) is 5.75 Å². The van der Waals surface area contributed by atoms with Crippen molar-refractivity contribution in [3.05, 3.63) is 59.1 Å². The third-order valence-electron chi connectivity index (χ3n) is 4.50. The van der Waals surface area contributed by atoms with Crippen LogP contribution in [0, 0.1) is 0 Å². The second-order valence-electron chi connectivity index (χ2n) is 6.29. The van der Waals surface area contributed by atoms with Gasteiger partial charge in [0.05, 0.1) is 16.3 Å². The molecule has 2 aromatic carbocycles. The molecule has 0 radical (unpaired) electrons. The van der Waals surface area contributed by atoms with Crippen LogP contribution in [0.2, 0.25) is 0 Å². The molecule has 6 heteroatoms. The van der Waals surface area contributed by atoms with Gasteiger partial charge in [-0.3, -0.25) is 9.59 Å². The van der Waals surface area contributed by atoms with E-state index in [2.05, 4.69) is 4.98 Å². The summed E-state index contributed by atoms with van der Waals surface area (Å²) in [7, 11) is 1.76. The van der Waals surface area contributed by atoms with Crippen LogP contribution in [-0.2, 0) is 4.79 Å². The SMILES string of the molecule is CCC(=O)c1ccc(OCC(=O)N(C)[C@H](C)c2nc3ccccc3s2)cc1. The van der Waals surface area contributed by atoms with Crippen LogP contribution >= 0.6 is 11.3 Å². The maximum Gasteiger partial charge on any atom is 0.260 e. The van der Waals surface area contributed by atoms with E-state index in [0.717, 1.165) is 15.2 Å². The molecule has 0 aliphatic rings. The molecule has 0 N–H and O–H groups in total. The topological polar surface area (TPSA) is 59.5 Å². The molecule has 0 saturated carbocycles. The zero-order valence-corrected chi connectivity index (χ0v) is 16.5. The van der Waals surface area contributed by atoms with Crippen LogP contribution in [0.3, 0.4) is 0 Å². The van der Waals surface area contributed by atoms with E-state index in [0.29, 0.717) is 17.7 Å². The normalized spacial score (nSPS) is 12.0. The van der Waals surface area contributed by atoms with E-state index in [9.17, 15) is 9.59 Å². The Hall–Kier alpha value is -2.73. The van der Waals surface area contributed by atoms with Crippen molar-refractivity contribution in [2.75, 3.05) is 13.7 Å². The summed E-state index contributed by atoms with van der Waals surface area (Å²) in [5, 5.41) is 0.898. The largest absolute Gasteiger partial charge is 0.484 e. The highest BCUT2D eigenvalue weighted by molar-refractivity contribution is 7.18. The van der Waals surface area contributed by atoms with Gasteiger partial charge in [0, 0.05) is 19.0 Å². The number of aromatic nitrogens is 1. The predicted molar refractivity (Wildman–Crippen MR) is 107 cm³/mol. The summed E-state index contributed by atoms with van der Waals surface area (Å²) in [5.74, 6) is 0.523. The number of fused-ring (bicyclic) bond motifs is 1. The van der Waals surface area contributed by atoms with Gasteiger partial charge in [0.2, 0.25) is 0 Å². The molecule has 0 fully saturated rings. The summed E-state index contributed by atoms with van der Waals surface area (Å²) in [6, 6.07) is 14.7. The van der Waals surface area contributed by atoms with Gasteiger partial charge in [0.15, 0.2) is 12.4 Å². The zero-order valence-electron chi connectivity index (χ0n) is 15.6. The maximum absolute atomic E-state index is 12.5. The minimum Gasteiger partial charge on any atom is -0.484 e. The maximum atomic E-state index is 12.5. The molecular weight excluding hydrogens is 360 g/mol. The smallest absolute Gasteiger partial charge is 0.260 e. The van der Waals surface area contributed by atoms with Crippen molar-refractivity contribution >= 4 is 33.2 Å². The van der Waals surface area contributed by atoms with E-state index in [4.69, 9.17) is 4.74 Å². The number of thiazole rings is 1. The van der Waals surface area contributed by atoms with Crippen molar-refractivity contribution in [1.29, 1.82) is 0 Å². The quantitative estimate of drug-likeness (QED) is 0.565. The second kappa shape index (κ2) is 8.31. The van der Waals surface area contributed by atoms with Gasteiger partial charge in [-0.05, 0) is 43.3 Å². The lowest BCUT2D eigenvalue weighted by molar-refractivity contribution is -0.134. The summed E-state index contributed by atoms with van der Waals surface area (Å²) in [4.78, 5) is 30.4. The van der Waals surface area contributed by atoms with Crippen molar-refractivity contribution < 1.29 is 14.3 Å². The average Bonchev–Trinajstić information content (AvgIpc) is 3.15. The molecule has 0 spiro atoms. The first kappa shape index (κ1) is 19.0. The van der Waals surface area contributed by atoms with Crippen molar-refractivity contribution in [3.63, 3.8) is 0 Å². The lowest BCUT2D eigenvalue weighted by Crippen LogP contribution is -2.33. The molecule has 3 rings (SSSR count). The van der Waals surface area contributed by atoms with Crippen LogP contribution in [0.4, 0.5) is 0 Å². The van der Waals surface area contributed by atoms with Gasteiger partial charge in [-0.25, -0.2) is 4.98 Å². The number of hydrogen-bond donors (Lipinski definition) is 0. The third-order valence-corrected chi connectivity index (χ3v) is 5.71. The summed E-state index contributed by atoms with van der Waals surface area (Å²) in [5.41, 5.74) is 1.60. The first-order valence-electron chi connectivity index (χ1n) is 8.86. The van der Waals surface area contributed by atoms with Crippen LogP contribution < -0.4 is 4.74 Å².